The van der Waals surface area contributed by atoms with Gasteiger partial charge in [-0.2, -0.15) is 0 Å². The highest BCUT2D eigenvalue weighted by atomic mass is 32.2. The summed E-state index contributed by atoms with van der Waals surface area (Å²) in [6, 6.07) is -0.0976. The maximum Gasteiger partial charge on any atom is 0.235 e. The molecule has 6 heteroatoms. The van der Waals surface area contributed by atoms with E-state index in [0.29, 0.717) is 18.9 Å². The quantitative estimate of drug-likeness (QED) is 0.575. The molecule has 0 rings (SSSR count). The zero-order valence-corrected chi connectivity index (χ0v) is 11.7. The van der Waals surface area contributed by atoms with Crippen LogP contribution in [0.3, 0.4) is 0 Å². The number of nitrogens with two attached hydrogens (primary N) is 1. The first-order chi connectivity index (χ1) is 8.02. The fraction of sp³-hybridized carbons (Fsp3) is 0.909. The molecule has 0 fully saturated rings. The molecule has 17 heavy (non-hydrogen) atoms. The second kappa shape index (κ2) is 9.56. The van der Waals surface area contributed by atoms with Crippen LogP contribution in [0.2, 0.25) is 0 Å². The number of amides is 1. The fourth-order valence-electron chi connectivity index (χ4n) is 1.16. The summed E-state index contributed by atoms with van der Waals surface area (Å²) in [5, 5.41) is 2.23. The molecule has 0 aliphatic heterocycles. The van der Waals surface area contributed by atoms with Gasteiger partial charge in [0.25, 0.3) is 0 Å². The molecule has 0 saturated heterocycles. The smallest absolute Gasteiger partial charge is 0.235 e. The number of carbonyl (C=O) groups excluding carboxylic acids is 1. The standard InChI is InChI=1S/C11H24N2O3S/c1-4-10(12)8-17(15)9(2)11(14)13-6-5-7-16-3/h9-10H,4-8,12H2,1-3H3,(H,13,14). The molecule has 0 aromatic rings. The molecule has 0 aliphatic carbocycles. The van der Waals surface area contributed by atoms with E-state index in [1.807, 2.05) is 6.92 Å². The van der Waals surface area contributed by atoms with Gasteiger partial charge in [-0.25, -0.2) is 0 Å². The second-order valence-corrected chi connectivity index (χ2v) is 5.80. The van der Waals surface area contributed by atoms with Crippen molar-refractivity contribution in [3.8, 4) is 0 Å². The van der Waals surface area contributed by atoms with Crippen LogP contribution in [0.25, 0.3) is 0 Å². The minimum absolute atomic E-state index is 0.0976. The molecule has 3 N–H and O–H groups in total. The number of methoxy groups -OCH3 is 1. The summed E-state index contributed by atoms with van der Waals surface area (Å²) >= 11 is 0. The minimum atomic E-state index is -1.20. The van der Waals surface area contributed by atoms with Crippen molar-refractivity contribution >= 4 is 16.7 Å². The Labute approximate surface area is 106 Å². The predicted octanol–water partition coefficient (Wildman–Crippen LogP) is 0.0136. The number of ether oxygens (including phenoxy) is 1. The van der Waals surface area contributed by atoms with Crippen LogP contribution < -0.4 is 11.1 Å². The van der Waals surface area contributed by atoms with E-state index in [-0.39, 0.29) is 11.9 Å². The van der Waals surface area contributed by atoms with Gasteiger partial charge in [0.2, 0.25) is 5.91 Å². The van der Waals surface area contributed by atoms with Crippen LogP contribution >= 0.6 is 0 Å². The van der Waals surface area contributed by atoms with Gasteiger partial charge in [0.1, 0.15) is 5.25 Å². The van der Waals surface area contributed by atoms with Gasteiger partial charge in [-0.3, -0.25) is 9.00 Å². The Kier molecular flexibility index (Phi) is 9.30. The lowest BCUT2D eigenvalue weighted by Gasteiger charge is -2.14. The second-order valence-electron chi connectivity index (χ2n) is 4.00. The Hall–Kier alpha value is -0.460. The first-order valence-corrected chi connectivity index (χ1v) is 7.30. The number of carbonyl (C=O) groups is 1. The molecule has 0 heterocycles. The van der Waals surface area contributed by atoms with Gasteiger partial charge in [-0.15, -0.1) is 0 Å². The van der Waals surface area contributed by atoms with Crippen LogP contribution in [-0.2, 0) is 20.3 Å². The van der Waals surface area contributed by atoms with Crippen molar-refractivity contribution in [3.05, 3.63) is 0 Å². The van der Waals surface area contributed by atoms with Gasteiger partial charge in [-0.05, 0) is 19.8 Å². The average molecular weight is 264 g/mol. The maximum absolute atomic E-state index is 11.8. The summed E-state index contributed by atoms with van der Waals surface area (Å²) in [4.78, 5) is 11.6. The zero-order chi connectivity index (χ0) is 13.3. The van der Waals surface area contributed by atoms with E-state index < -0.39 is 16.0 Å². The number of rotatable bonds is 9. The average Bonchev–Trinajstić information content (AvgIpc) is 2.33. The molecule has 3 unspecified atom stereocenters. The fourth-order valence-corrected chi connectivity index (χ4v) is 2.43. The van der Waals surface area contributed by atoms with Crippen molar-refractivity contribution in [1.29, 1.82) is 0 Å². The molecule has 0 aliphatic rings. The van der Waals surface area contributed by atoms with E-state index in [1.165, 1.54) is 0 Å². The highest BCUT2D eigenvalue weighted by Gasteiger charge is 2.20. The molecule has 0 bridgehead atoms. The van der Waals surface area contributed by atoms with E-state index in [9.17, 15) is 9.00 Å². The summed E-state index contributed by atoms with van der Waals surface area (Å²) in [5.41, 5.74) is 5.71. The molecule has 102 valence electrons. The SMILES string of the molecule is CCC(N)CS(=O)C(C)C(=O)NCCCOC. The Morgan fingerprint density at radius 2 is 2.18 bits per heavy atom. The molecule has 0 aromatic carbocycles. The molecule has 3 atom stereocenters. The first-order valence-electron chi connectivity index (χ1n) is 5.92. The molecule has 0 radical (unpaired) electrons. The van der Waals surface area contributed by atoms with Crippen LogP contribution in [0.5, 0.6) is 0 Å². The highest BCUT2D eigenvalue weighted by Crippen LogP contribution is 2.00. The minimum Gasteiger partial charge on any atom is -0.385 e. The van der Waals surface area contributed by atoms with Crippen molar-refractivity contribution in [3.63, 3.8) is 0 Å². The predicted molar refractivity (Wildman–Crippen MR) is 70.2 cm³/mol. The van der Waals surface area contributed by atoms with E-state index in [4.69, 9.17) is 10.5 Å². The number of hydrogen-bond donors (Lipinski definition) is 2. The van der Waals surface area contributed by atoms with Crippen molar-refractivity contribution in [2.75, 3.05) is 26.0 Å². The lowest BCUT2D eigenvalue weighted by Crippen LogP contribution is -2.39. The van der Waals surface area contributed by atoms with Crippen molar-refractivity contribution in [2.45, 2.75) is 38.0 Å². The molecule has 0 spiro atoms. The monoisotopic (exact) mass is 264 g/mol. The molecular weight excluding hydrogens is 240 g/mol. The molecule has 0 saturated carbocycles. The summed E-state index contributed by atoms with van der Waals surface area (Å²) in [6.07, 6.45) is 1.53. The summed E-state index contributed by atoms with van der Waals surface area (Å²) in [6.45, 7) is 4.77. The van der Waals surface area contributed by atoms with Gasteiger partial charge in [-0.1, -0.05) is 6.92 Å². The summed E-state index contributed by atoms with van der Waals surface area (Å²) in [5.74, 6) is 0.200. The summed E-state index contributed by atoms with van der Waals surface area (Å²) in [7, 11) is 0.416. The van der Waals surface area contributed by atoms with Crippen LogP contribution in [-0.4, -0.2) is 47.4 Å². The van der Waals surface area contributed by atoms with Crippen LogP contribution in [0.4, 0.5) is 0 Å². The van der Waals surface area contributed by atoms with Crippen molar-refractivity contribution in [2.24, 2.45) is 5.73 Å². The van der Waals surface area contributed by atoms with E-state index in [0.717, 1.165) is 12.8 Å². The Bertz CT molecular complexity index is 249. The number of nitrogens with one attached hydrogen (secondary N) is 1. The Morgan fingerprint density at radius 3 is 2.71 bits per heavy atom. The first kappa shape index (κ1) is 16.5. The van der Waals surface area contributed by atoms with Crippen LogP contribution in [0, 0.1) is 0 Å². The third-order valence-electron chi connectivity index (χ3n) is 2.49. The lowest BCUT2D eigenvalue weighted by atomic mass is 10.3. The lowest BCUT2D eigenvalue weighted by molar-refractivity contribution is -0.120. The Morgan fingerprint density at radius 1 is 1.53 bits per heavy atom. The van der Waals surface area contributed by atoms with Crippen molar-refractivity contribution < 1.29 is 13.7 Å². The van der Waals surface area contributed by atoms with Gasteiger partial charge in [0, 0.05) is 42.9 Å². The summed E-state index contributed by atoms with van der Waals surface area (Å²) < 4.78 is 16.7. The highest BCUT2D eigenvalue weighted by molar-refractivity contribution is 7.86. The Balaban J connectivity index is 3.90. The topological polar surface area (TPSA) is 81.4 Å². The number of hydrogen-bond acceptors (Lipinski definition) is 4. The van der Waals surface area contributed by atoms with Crippen molar-refractivity contribution in [1.82, 2.24) is 5.32 Å². The molecule has 5 nitrogen and oxygen atoms in total. The van der Waals surface area contributed by atoms with E-state index in [2.05, 4.69) is 5.32 Å². The zero-order valence-electron chi connectivity index (χ0n) is 10.9. The largest absolute Gasteiger partial charge is 0.385 e. The van der Waals surface area contributed by atoms with E-state index >= 15 is 0 Å². The third-order valence-corrected chi connectivity index (χ3v) is 4.25. The molecule has 1 amide bonds. The van der Waals surface area contributed by atoms with Gasteiger partial charge < -0.3 is 15.8 Å². The maximum atomic E-state index is 11.8. The van der Waals surface area contributed by atoms with Crippen LogP contribution in [0.1, 0.15) is 26.7 Å². The van der Waals surface area contributed by atoms with Gasteiger partial charge >= 0.3 is 0 Å². The van der Waals surface area contributed by atoms with Crippen LogP contribution in [0.15, 0.2) is 0 Å². The normalized spacial score (nSPS) is 16.2. The van der Waals surface area contributed by atoms with E-state index in [1.54, 1.807) is 14.0 Å². The molecule has 0 aromatic heterocycles. The molecular formula is C11H24N2O3S. The third kappa shape index (κ3) is 7.46. The van der Waals surface area contributed by atoms with Gasteiger partial charge in [0.05, 0.1) is 0 Å². The van der Waals surface area contributed by atoms with Gasteiger partial charge in [0.15, 0.2) is 0 Å².